The zero-order valence-corrected chi connectivity index (χ0v) is 13.3. The van der Waals surface area contributed by atoms with Crippen LogP contribution in [0.3, 0.4) is 0 Å². The van der Waals surface area contributed by atoms with Crippen molar-refractivity contribution < 1.29 is 9.53 Å². The van der Waals surface area contributed by atoms with Gasteiger partial charge in [-0.2, -0.15) is 0 Å². The van der Waals surface area contributed by atoms with E-state index in [9.17, 15) is 9.59 Å². The minimum atomic E-state index is -0.330. The molecule has 3 rings (SSSR count). The van der Waals surface area contributed by atoms with Gasteiger partial charge in [0.05, 0.1) is 6.61 Å². The number of aromatic nitrogens is 1. The molecule has 0 saturated carbocycles. The number of aryl methyl sites for hydroxylation is 1. The number of amides is 1. The van der Waals surface area contributed by atoms with E-state index in [0.29, 0.717) is 6.42 Å². The number of hydrogen-bond donors (Lipinski definition) is 1. The topological polar surface area (TPSA) is 60.3 Å². The van der Waals surface area contributed by atoms with E-state index in [0.717, 1.165) is 24.3 Å². The molecule has 0 unspecified atom stereocenters. The molecule has 0 spiro atoms. The number of ether oxygens (including phenoxy) is 1. The highest BCUT2D eigenvalue weighted by atomic mass is 16.5. The Balaban J connectivity index is 1.67. The molecule has 1 amide bonds. The summed E-state index contributed by atoms with van der Waals surface area (Å²) in [5, 5.41) is 2.90. The van der Waals surface area contributed by atoms with Crippen LogP contribution in [0.25, 0.3) is 0 Å². The summed E-state index contributed by atoms with van der Waals surface area (Å²) in [5.74, 6) is 0.626. The average molecular weight is 312 g/mol. The van der Waals surface area contributed by atoms with Crippen molar-refractivity contribution in [2.75, 3.05) is 6.61 Å². The minimum absolute atomic E-state index is 0.0622. The molecule has 120 valence electrons. The fourth-order valence-electron chi connectivity index (χ4n) is 2.84. The second kappa shape index (κ2) is 6.28. The van der Waals surface area contributed by atoms with Gasteiger partial charge in [-0.3, -0.25) is 9.59 Å². The Hall–Kier alpha value is -2.56. The molecular formula is C18H20N2O3. The van der Waals surface area contributed by atoms with E-state index in [-0.39, 0.29) is 23.1 Å². The van der Waals surface area contributed by atoms with Crippen molar-refractivity contribution >= 4 is 5.91 Å². The Kier molecular flexibility index (Phi) is 4.19. The Bertz CT molecular complexity index is 795. The lowest BCUT2D eigenvalue weighted by Gasteiger charge is -2.14. The molecule has 1 atom stereocenters. The first kappa shape index (κ1) is 15.3. The Labute approximate surface area is 134 Å². The van der Waals surface area contributed by atoms with Gasteiger partial charge in [-0.15, -0.1) is 0 Å². The first-order valence-corrected chi connectivity index (χ1v) is 7.75. The van der Waals surface area contributed by atoms with Crippen LogP contribution in [0.1, 0.15) is 28.4 Å². The molecule has 0 bridgehead atoms. The summed E-state index contributed by atoms with van der Waals surface area (Å²) in [4.78, 5) is 24.2. The van der Waals surface area contributed by atoms with Crippen LogP contribution < -0.4 is 15.6 Å². The highest BCUT2D eigenvalue weighted by molar-refractivity contribution is 5.93. The van der Waals surface area contributed by atoms with E-state index in [1.54, 1.807) is 25.4 Å². The van der Waals surface area contributed by atoms with E-state index in [1.807, 2.05) is 19.1 Å². The normalized spacial score (nSPS) is 14.0. The molecule has 2 heterocycles. The third-order valence-corrected chi connectivity index (χ3v) is 4.04. The summed E-state index contributed by atoms with van der Waals surface area (Å²) in [6.45, 7) is 2.68. The van der Waals surface area contributed by atoms with Gasteiger partial charge in [-0.1, -0.05) is 12.1 Å². The minimum Gasteiger partial charge on any atom is -0.493 e. The Morgan fingerprint density at radius 1 is 1.39 bits per heavy atom. The number of carbonyl (C=O) groups excluding carboxylic acids is 1. The van der Waals surface area contributed by atoms with Gasteiger partial charge >= 0.3 is 0 Å². The van der Waals surface area contributed by atoms with Crippen molar-refractivity contribution in [2.45, 2.75) is 25.8 Å². The van der Waals surface area contributed by atoms with E-state index < -0.39 is 0 Å². The van der Waals surface area contributed by atoms with Crippen LogP contribution in [0.4, 0.5) is 0 Å². The quantitative estimate of drug-likeness (QED) is 0.934. The molecule has 1 N–H and O–H groups in total. The molecule has 0 aliphatic carbocycles. The summed E-state index contributed by atoms with van der Waals surface area (Å²) in [7, 11) is 1.63. The first-order chi connectivity index (χ1) is 11.0. The predicted molar refractivity (Wildman–Crippen MR) is 88.0 cm³/mol. The number of benzene rings is 1. The largest absolute Gasteiger partial charge is 0.493 e. The maximum Gasteiger partial charge on any atom is 0.263 e. The summed E-state index contributed by atoms with van der Waals surface area (Å²) >= 11 is 0. The standard InChI is InChI=1S/C18H20N2O3/c1-12(10-13-5-6-16-14(11-13)7-9-23-16)19-17(21)15-4-3-8-20(2)18(15)22/h3-6,8,11-12H,7,9-10H2,1-2H3,(H,19,21)/t12-/m0/s1. The van der Waals surface area contributed by atoms with Crippen molar-refractivity contribution in [3.8, 4) is 5.75 Å². The van der Waals surface area contributed by atoms with Crippen LogP contribution in [-0.4, -0.2) is 23.1 Å². The lowest BCUT2D eigenvalue weighted by Crippen LogP contribution is -2.38. The third-order valence-electron chi connectivity index (χ3n) is 4.04. The molecule has 2 aromatic rings. The van der Waals surface area contributed by atoms with Crippen molar-refractivity contribution in [3.05, 3.63) is 63.6 Å². The molecule has 1 aromatic heterocycles. The third kappa shape index (κ3) is 3.28. The van der Waals surface area contributed by atoms with Gasteiger partial charge in [-0.25, -0.2) is 0 Å². The molecule has 0 radical (unpaired) electrons. The van der Waals surface area contributed by atoms with E-state index >= 15 is 0 Å². The molecular weight excluding hydrogens is 292 g/mol. The van der Waals surface area contributed by atoms with Crippen LogP contribution in [0.5, 0.6) is 5.75 Å². The highest BCUT2D eigenvalue weighted by Gasteiger charge is 2.16. The fraction of sp³-hybridized carbons (Fsp3) is 0.333. The van der Waals surface area contributed by atoms with Gasteiger partial charge in [0.25, 0.3) is 11.5 Å². The molecule has 0 fully saturated rings. The van der Waals surface area contributed by atoms with Crippen molar-refractivity contribution in [3.63, 3.8) is 0 Å². The maximum absolute atomic E-state index is 12.3. The van der Waals surface area contributed by atoms with Crippen molar-refractivity contribution in [2.24, 2.45) is 7.05 Å². The van der Waals surface area contributed by atoms with E-state index in [1.165, 1.54) is 10.1 Å². The monoisotopic (exact) mass is 312 g/mol. The lowest BCUT2D eigenvalue weighted by molar-refractivity contribution is 0.0938. The molecule has 1 aromatic carbocycles. The van der Waals surface area contributed by atoms with Gasteiger partial charge in [0.15, 0.2) is 0 Å². The molecule has 0 saturated heterocycles. The SMILES string of the molecule is C[C@@H](Cc1ccc2c(c1)CCO2)NC(=O)c1cccn(C)c1=O. The average Bonchev–Trinajstić information content (AvgIpc) is 2.97. The Morgan fingerprint density at radius 2 is 2.22 bits per heavy atom. The fourth-order valence-corrected chi connectivity index (χ4v) is 2.84. The number of fused-ring (bicyclic) bond motifs is 1. The van der Waals surface area contributed by atoms with Gasteiger partial charge in [0.2, 0.25) is 0 Å². The molecule has 1 aliphatic rings. The highest BCUT2D eigenvalue weighted by Crippen LogP contribution is 2.26. The van der Waals surface area contributed by atoms with Gasteiger partial charge in [-0.05, 0) is 42.7 Å². The lowest BCUT2D eigenvalue weighted by atomic mass is 10.0. The smallest absolute Gasteiger partial charge is 0.263 e. The predicted octanol–water partition coefficient (Wildman–Crippen LogP) is 1.68. The number of hydrogen-bond acceptors (Lipinski definition) is 3. The maximum atomic E-state index is 12.3. The number of nitrogens with one attached hydrogen (secondary N) is 1. The summed E-state index contributed by atoms with van der Waals surface area (Å²) in [6.07, 6.45) is 3.28. The van der Waals surface area contributed by atoms with Gasteiger partial charge in [0, 0.05) is 25.7 Å². The van der Waals surface area contributed by atoms with Gasteiger partial charge < -0.3 is 14.6 Å². The molecule has 5 nitrogen and oxygen atoms in total. The van der Waals surface area contributed by atoms with Gasteiger partial charge in [0.1, 0.15) is 11.3 Å². The number of rotatable bonds is 4. The molecule has 1 aliphatic heterocycles. The Morgan fingerprint density at radius 3 is 3.04 bits per heavy atom. The van der Waals surface area contributed by atoms with Crippen LogP contribution >= 0.6 is 0 Å². The van der Waals surface area contributed by atoms with Crippen LogP contribution in [0, 0.1) is 0 Å². The first-order valence-electron chi connectivity index (χ1n) is 7.75. The van der Waals surface area contributed by atoms with Crippen LogP contribution in [-0.2, 0) is 19.9 Å². The van der Waals surface area contributed by atoms with Crippen LogP contribution in [0.15, 0.2) is 41.3 Å². The molecule has 5 heteroatoms. The number of nitrogens with zero attached hydrogens (tertiary/aromatic N) is 1. The molecule has 23 heavy (non-hydrogen) atoms. The van der Waals surface area contributed by atoms with Crippen molar-refractivity contribution in [1.29, 1.82) is 0 Å². The summed E-state index contributed by atoms with van der Waals surface area (Å²) in [6, 6.07) is 9.33. The summed E-state index contributed by atoms with van der Waals surface area (Å²) < 4.78 is 6.90. The number of carbonyl (C=O) groups is 1. The zero-order valence-electron chi connectivity index (χ0n) is 13.3. The zero-order chi connectivity index (χ0) is 16.4. The second-order valence-electron chi connectivity index (χ2n) is 5.96. The van der Waals surface area contributed by atoms with E-state index in [2.05, 4.69) is 11.4 Å². The second-order valence-corrected chi connectivity index (χ2v) is 5.96. The van der Waals surface area contributed by atoms with E-state index in [4.69, 9.17) is 4.74 Å². The van der Waals surface area contributed by atoms with Crippen LogP contribution in [0.2, 0.25) is 0 Å². The van der Waals surface area contributed by atoms with Crippen molar-refractivity contribution in [1.82, 2.24) is 9.88 Å². The summed E-state index contributed by atoms with van der Waals surface area (Å²) in [5.41, 5.74) is 2.26. The number of pyridine rings is 1.